The fourth-order valence-electron chi connectivity index (χ4n) is 1.21. The Balaban J connectivity index is 2.58. The number of hydrogen-bond acceptors (Lipinski definition) is 3. The van der Waals surface area contributed by atoms with Crippen LogP contribution in [-0.4, -0.2) is 21.5 Å². The molecule has 0 spiro atoms. The maximum atomic E-state index is 13.3. The molecule has 0 saturated heterocycles. The summed E-state index contributed by atoms with van der Waals surface area (Å²) in [6.07, 6.45) is 1.77. The van der Waals surface area contributed by atoms with Crippen molar-refractivity contribution in [3.63, 3.8) is 0 Å². The van der Waals surface area contributed by atoms with E-state index in [1.807, 2.05) is 6.92 Å². The van der Waals surface area contributed by atoms with Crippen LogP contribution in [0, 0.1) is 5.82 Å². The molecule has 1 aromatic heterocycles. The van der Waals surface area contributed by atoms with Gasteiger partial charge < -0.3 is 9.84 Å². The lowest BCUT2D eigenvalue weighted by atomic mass is 10.1. The summed E-state index contributed by atoms with van der Waals surface area (Å²) in [7, 11) is 0. The predicted molar refractivity (Wildman–Crippen MR) is 50.4 cm³/mol. The number of H-pyrrole nitrogens is 1. The first kappa shape index (κ1) is 11.5. The molecule has 84 valence electrons. The third-order valence-electron chi connectivity index (χ3n) is 1.95. The number of rotatable bonds is 5. The molecule has 1 heterocycles. The predicted octanol–water partition coefficient (Wildman–Crippen LogP) is 2.34. The van der Waals surface area contributed by atoms with E-state index in [9.17, 15) is 9.18 Å². The van der Waals surface area contributed by atoms with E-state index in [0.717, 1.165) is 19.3 Å². The molecule has 0 aliphatic heterocycles. The van der Waals surface area contributed by atoms with Crippen LogP contribution in [0.3, 0.4) is 0 Å². The molecule has 0 aliphatic rings. The van der Waals surface area contributed by atoms with Gasteiger partial charge in [0.05, 0.1) is 0 Å². The van der Waals surface area contributed by atoms with Crippen LogP contribution in [0.4, 0.5) is 9.18 Å². The second-order valence-electron chi connectivity index (χ2n) is 3.14. The van der Waals surface area contributed by atoms with Crippen LogP contribution in [0.2, 0.25) is 0 Å². The first-order valence-corrected chi connectivity index (χ1v) is 4.78. The number of nitrogens with zero attached hydrogens (tertiary/aromatic N) is 1. The zero-order valence-corrected chi connectivity index (χ0v) is 8.42. The number of nitrogens with one attached hydrogen (secondary N) is 1. The lowest BCUT2D eigenvalue weighted by Crippen LogP contribution is -2.04. The van der Waals surface area contributed by atoms with Gasteiger partial charge in [-0.1, -0.05) is 19.8 Å². The van der Waals surface area contributed by atoms with Crippen molar-refractivity contribution < 1.29 is 19.0 Å². The molecule has 5 nitrogen and oxygen atoms in total. The molecular formula is C9H13FN2O3. The summed E-state index contributed by atoms with van der Waals surface area (Å²) in [6.45, 7) is 2.04. The minimum absolute atomic E-state index is 0.222. The van der Waals surface area contributed by atoms with Gasteiger partial charge in [0, 0.05) is 0 Å². The van der Waals surface area contributed by atoms with Crippen molar-refractivity contribution in [2.75, 3.05) is 0 Å². The van der Waals surface area contributed by atoms with Gasteiger partial charge in [0.15, 0.2) is 0 Å². The molecule has 0 bridgehead atoms. The number of aryl methyl sites for hydroxylation is 1. The molecule has 0 amide bonds. The van der Waals surface area contributed by atoms with Gasteiger partial charge >= 0.3 is 6.16 Å². The van der Waals surface area contributed by atoms with E-state index in [1.54, 1.807) is 0 Å². The molecule has 0 aromatic carbocycles. The Morgan fingerprint density at radius 2 is 2.33 bits per heavy atom. The molecule has 0 atom stereocenters. The fourth-order valence-corrected chi connectivity index (χ4v) is 1.21. The first-order valence-electron chi connectivity index (χ1n) is 4.78. The number of carbonyl (C=O) groups is 1. The van der Waals surface area contributed by atoms with Crippen molar-refractivity contribution in [2.24, 2.45) is 0 Å². The van der Waals surface area contributed by atoms with Gasteiger partial charge in [0.2, 0.25) is 5.82 Å². The van der Waals surface area contributed by atoms with Gasteiger partial charge in [0.25, 0.3) is 5.88 Å². The van der Waals surface area contributed by atoms with Crippen LogP contribution in [-0.2, 0) is 6.42 Å². The van der Waals surface area contributed by atoms with E-state index >= 15 is 0 Å². The van der Waals surface area contributed by atoms with Crippen LogP contribution >= 0.6 is 0 Å². The van der Waals surface area contributed by atoms with Crippen molar-refractivity contribution in [1.29, 1.82) is 0 Å². The van der Waals surface area contributed by atoms with Gasteiger partial charge in [-0.05, 0) is 12.8 Å². The Bertz CT molecular complexity index is 338. The molecule has 1 aromatic rings. The molecule has 1 rings (SSSR count). The van der Waals surface area contributed by atoms with Crippen molar-refractivity contribution >= 4 is 6.16 Å². The van der Waals surface area contributed by atoms with Crippen LogP contribution in [0.25, 0.3) is 0 Å². The summed E-state index contributed by atoms with van der Waals surface area (Å²) >= 11 is 0. The van der Waals surface area contributed by atoms with Crippen molar-refractivity contribution in [1.82, 2.24) is 10.2 Å². The van der Waals surface area contributed by atoms with Crippen LogP contribution in [0.5, 0.6) is 5.88 Å². The summed E-state index contributed by atoms with van der Waals surface area (Å²) in [5.74, 6) is -1.15. The van der Waals surface area contributed by atoms with E-state index < -0.39 is 17.9 Å². The topological polar surface area (TPSA) is 75.2 Å². The van der Waals surface area contributed by atoms with E-state index in [0.29, 0.717) is 6.42 Å². The lowest BCUT2D eigenvalue weighted by molar-refractivity contribution is 0.140. The second-order valence-corrected chi connectivity index (χ2v) is 3.14. The average Bonchev–Trinajstić information content (AvgIpc) is 2.49. The van der Waals surface area contributed by atoms with Gasteiger partial charge in [0.1, 0.15) is 5.69 Å². The molecule has 0 radical (unpaired) electrons. The first-order chi connectivity index (χ1) is 7.15. The SMILES string of the molecule is CCCCCc1n[nH]c(OC(=O)O)c1F. The summed E-state index contributed by atoms with van der Waals surface area (Å²) in [5.41, 5.74) is 0.222. The molecule has 0 aliphatic carbocycles. The smallest absolute Gasteiger partial charge is 0.449 e. The van der Waals surface area contributed by atoms with E-state index in [2.05, 4.69) is 14.9 Å². The summed E-state index contributed by atoms with van der Waals surface area (Å²) in [6, 6.07) is 0. The lowest BCUT2D eigenvalue weighted by Gasteiger charge is -1.96. The molecular weight excluding hydrogens is 203 g/mol. The van der Waals surface area contributed by atoms with Gasteiger partial charge in [-0.25, -0.2) is 9.89 Å². The van der Waals surface area contributed by atoms with Crippen molar-refractivity contribution in [2.45, 2.75) is 32.6 Å². The standard InChI is InChI=1S/C9H13FN2O3/c1-2-3-4-5-6-7(10)8(12-11-6)15-9(13)14/h2-5H2,1H3,(H,11,12)(H,13,14). The number of carboxylic acid groups (broad SMARTS) is 1. The third kappa shape index (κ3) is 3.23. The zero-order valence-electron chi connectivity index (χ0n) is 8.42. The van der Waals surface area contributed by atoms with E-state index in [1.165, 1.54) is 0 Å². The Morgan fingerprint density at radius 3 is 2.93 bits per heavy atom. The van der Waals surface area contributed by atoms with E-state index in [4.69, 9.17) is 5.11 Å². The van der Waals surface area contributed by atoms with Crippen LogP contribution < -0.4 is 4.74 Å². The number of unbranched alkanes of at least 4 members (excludes halogenated alkanes) is 2. The highest BCUT2D eigenvalue weighted by molar-refractivity contribution is 5.60. The number of hydrogen-bond donors (Lipinski definition) is 2. The van der Waals surface area contributed by atoms with Crippen molar-refractivity contribution in [3.05, 3.63) is 11.5 Å². The van der Waals surface area contributed by atoms with Crippen LogP contribution in [0.1, 0.15) is 31.9 Å². The summed E-state index contributed by atoms with van der Waals surface area (Å²) < 4.78 is 17.5. The summed E-state index contributed by atoms with van der Waals surface area (Å²) in [5, 5.41) is 14.1. The number of aromatic amines is 1. The minimum atomic E-state index is -1.56. The van der Waals surface area contributed by atoms with Gasteiger partial charge in [-0.3, -0.25) is 0 Å². The molecule has 6 heteroatoms. The van der Waals surface area contributed by atoms with Crippen molar-refractivity contribution in [3.8, 4) is 5.88 Å². The maximum absolute atomic E-state index is 13.3. The Labute approximate surface area is 86.3 Å². The Hall–Kier alpha value is -1.59. The largest absolute Gasteiger partial charge is 0.512 e. The molecule has 15 heavy (non-hydrogen) atoms. The molecule has 0 saturated carbocycles. The highest BCUT2D eigenvalue weighted by atomic mass is 19.1. The van der Waals surface area contributed by atoms with E-state index in [-0.39, 0.29) is 5.69 Å². The van der Waals surface area contributed by atoms with Gasteiger partial charge in [-0.2, -0.15) is 9.49 Å². The second kappa shape index (κ2) is 5.33. The average molecular weight is 216 g/mol. The number of ether oxygens (including phenoxy) is 1. The minimum Gasteiger partial charge on any atom is -0.449 e. The van der Waals surface area contributed by atoms with Gasteiger partial charge in [-0.15, -0.1) is 0 Å². The highest BCUT2D eigenvalue weighted by Gasteiger charge is 2.16. The number of halogens is 1. The zero-order chi connectivity index (χ0) is 11.3. The number of aromatic nitrogens is 2. The maximum Gasteiger partial charge on any atom is 0.512 e. The molecule has 2 N–H and O–H groups in total. The molecule has 0 fully saturated rings. The third-order valence-corrected chi connectivity index (χ3v) is 1.95. The quantitative estimate of drug-likeness (QED) is 0.585. The highest BCUT2D eigenvalue weighted by Crippen LogP contribution is 2.18. The Morgan fingerprint density at radius 1 is 1.60 bits per heavy atom. The summed E-state index contributed by atoms with van der Waals surface area (Å²) in [4.78, 5) is 10.2. The van der Waals surface area contributed by atoms with Crippen LogP contribution in [0.15, 0.2) is 0 Å². The normalized spacial score (nSPS) is 10.3. The monoisotopic (exact) mass is 216 g/mol. The fraction of sp³-hybridized carbons (Fsp3) is 0.556. The molecule has 0 unspecified atom stereocenters. The Kier molecular flexibility index (Phi) is 4.08.